The molecule has 3 nitrogen and oxygen atoms in total. The molecule has 0 aromatic carbocycles. The second kappa shape index (κ2) is 5.50. The Morgan fingerprint density at radius 1 is 1.64 bits per heavy atom. The highest BCUT2D eigenvalue weighted by molar-refractivity contribution is 5.98. The average Bonchev–Trinajstić information content (AvgIpc) is 2.26. The molecule has 0 fully saturated rings. The summed E-state index contributed by atoms with van der Waals surface area (Å²) in [6, 6.07) is 3.86. The van der Waals surface area contributed by atoms with E-state index in [1.165, 1.54) is 0 Å². The van der Waals surface area contributed by atoms with E-state index in [2.05, 4.69) is 9.98 Å². The van der Waals surface area contributed by atoms with E-state index >= 15 is 0 Å². The van der Waals surface area contributed by atoms with Crippen LogP contribution >= 0.6 is 0 Å². The van der Waals surface area contributed by atoms with E-state index in [1.807, 2.05) is 26.0 Å². The van der Waals surface area contributed by atoms with E-state index in [-0.39, 0.29) is 12.6 Å². The van der Waals surface area contributed by atoms with Crippen LogP contribution < -0.4 is 0 Å². The zero-order valence-corrected chi connectivity index (χ0v) is 8.64. The molecule has 14 heavy (non-hydrogen) atoms. The van der Waals surface area contributed by atoms with Crippen molar-refractivity contribution in [2.75, 3.05) is 6.61 Å². The Hall–Kier alpha value is -1.22. The molecule has 1 heterocycles. The first-order chi connectivity index (χ1) is 6.77. The Morgan fingerprint density at radius 3 is 2.93 bits per heavy atom. The van der Waals surface area contributed by atoms with Gasteiger partial charge in [-0.25, -0.2) is 0 Å². The van der Waals surface area contributed by atoms with E-state index in [0.29, 0.717) is 0 Å². The maximum Gasteiger partial charge on any atom is 0.0731 e. The van der Waals surface area contributed by atoms with Gasteiger partial charge in [0, 0.05) is 23.7 Å². The van der Waals surface area contributed by atoms with Crippen LogP contribution in [0.5, 0.6) is 0 Å². The molecule has 76 valence electrons. The molecule has 0 saturated heterocycles. The molecule has 0 spiro atoms. The molecule has 1 unspecified atom stereocenters. The van der Waals surface area contributed by atoms with Crippen LogP contribution in [0.15, 0.2) is 29.5 Å². The van der Waals surface area contributed by atoms with Crippen LogP contribution in [0, 0.1) is 0 Å². The normalized spacial score (nSPS) is 14.1. The molecule has 0 radical (unpaired) electrons. The smallest absolute Gasteiger partial charge is 0.0731 e. The standard InChI is InChI=1S/C11H16N2O/c1-3-11(8-14)13-9(2)10-5-4-6-12-7-10/h4-7,11,14H,3,8H2,1-2H3. The average molecular weight is 192 g/mol. The van der Waals surface area contributed by atoms with Crippen molar-refractivity contribution in [3.63, 3.8) is 0 Å². The van der Waals surface area contributed by atoms with Gasteiger partial charge in [-0.2, -0.15) is 0 Å². The molecule has 1 atom stereocenters. The molecule has 0 aliphatic rings. The van der Waals surface area contributed by atoms with Gasteiger partial charge in [0.2, 0.25) is 0 Å². The lowest BCUT2D eigenvalue weighted by molar-refractivity contribution is 0.264. The minimum absolute atomic E-state index is 0.00945. The monoisotopic (exact) mass is 192 g/mol. The van der Waals surface area contributed by atoms with Crippen LogP contribution in [0.1, 0.15) is 25.8 Å². The summed E-state index contributed by atoms with van der Waals surface area (Å²) in [5, 5.41) is 9.00. The summed E-state index contributed by atoms with van der Waals surface area (Å²) in [5.74, 6) is 0. The molecular formula is C11H16N2O. The fourth-order valence-corrected chi connectivity index (χ4v) is 1.19. The minimum atomic E-state index is 0.00945. The zero-order valence-electron chi connectivity index (χ0n) is 8.64. The first-order valence-electron chi connectivity index (χ1n) is 4.83. The second-order valence-electron chi connectivity index (χ2n) is 3.20. The largest absolute Gasteiger partial charge is 0.394 e. The molecule has 0 bridgehead atoms. The van der Waals surface area contributed by atoms with Gasteiger partial charge in [-0.1, -0.05) is 13.0 Å². The first kappa shape index (κ1) is 10.9. The Labute approximate surface area is 84.5 Å². The van der Waals surface area contributed by atoms with Gasteiger partial charge < -0.3 is 5.11 Å². The Balaban J connectivity index is 2.78. The number of hydrogen-bond donors (Lipinski definition) is 1. The van der Waals surface area contributed by atoms with E-state index in [1.54, 1.807) is 12.4 Å². The van der Waals surface area contributed by atoms with Crippen molar-refractivity contribution >= 4 is 5.71 Å². The number of aliphatic hydroxyl groups excluding tert-OH is 1. The van der Waals surface area contributed by atoms with Gasteiger partial charge in [-0.15, -0.1) is 0 Å². The molecule has 0 aliphatic carbocycles. The van der Waals surface area contributed by atoms with Gasteiger partial charge in [-0.3, -0.25) is 9.98 Å². The van der Waals surface area contributed by atoms with E-state index in [4.69, 9.17) is 5.11 Å². The minimum Gasteiger partial charge on any atom is -0.394 e. The van der Waals surface area contributed by atoms with E-state index in [0.717, 1.165) is 17.7 Å². The van der Waals surface area contributed by atoms with Crippen LogP contribution in [-0.2, 0) is 0 Å². The lowest BCUT2D eigenvalue weighted by Crippen LogP contribution is -2.11. The molecule has 1 rings (SSSR count). The molecule has 1 aromatic rings. The second-order valence-corrected chi connectivity index (χ2v) is 3.20. The molecule has 1 aromatic heterocycles. The van der Waals surface area contributed by atoms with Gasteiger partial charge >= 0.3 is 0 Å². The summed E-state index contributed by atoms with van der Waals surface area (Å²) in [6.45, 7) is 4.06. The number of rotatable bonds is 4. The highest BCUT2D eigenvalue weighted by Gasteiger charge is 2.03. The maximum atomic E-state index is 9.00. The van der Waals surface area contributed by atoms with Crippen LogP contribution in [0.3, 0.4) is 0 Å². The van der Waals surface area contributed by atoms with Crippen molar-refractivity contribution in [1.29, 1.82) is 0 Å². The van der Waals surface area contributed by atoms with Crippen LogP contribution in [-0.4, -0.2) is 28.5 Å². The topological polar surface area (TPSA) is 45.5 Å². The van der Waals surface area contributed by atoms with Crippen LogP contribution in [0.2, 0.25) is 0 Å². The van der Waals surface area contributed by atoms with Gasteiger partial charge in [-0.05, 0) is 19.4 Å². The van der Waals surface area contributed by atoms with Crippen LogP contribution in [0.4, 0.5) is 0 Å². The predicted octanol–water partition coefficient (Wildman–Crippen LogP) is 1.66. The summed E-state index contributed by atoms with van der Waals surface area (Å²) in [5.41, 5.74) is 1.94. The lowest BCUT2D eigenvalue weighted by Gasteiger charge is -2.07. The molecule has 3 heteroatoms. The quantitative estimate of drug-likeness (QED) is 0.737. The Kier molecular flexibility index (Phi) is 4.26. The van der Waals surface area contributed by atoms with Crippen molar-refractivity contribution in [3.8, 4) is 0 Å². The zero-order chi connectivity index (χ0) is 10.4. The number of pyridine rings is 1. The summed E-state index contributed by atoms with van der Waals surface area (Å²) in [7, 11) is 0. The van der Waals surface area contributed by atoms with Gasteiger partial charge in [0.25, 0.3) is 0 Å². The fourth-order valence-electron chi connectivity index (χ4n) is 1.19. The fraction of sp³-hybridized carbons (Fsp3) is 0.455. The van der Waals surface area contributed by atoms with Gasteiger partial charge in [0.05, 0.1) is 12.6 Å². The predicted molar refractivity (Wildman–Crippen MR) is 57.6 cm³/mol. The van der Waals surface area contributed by atoms with Crippen molar-refractivity contribution in [2.45, 2.75) is 26.3 Å². The van der Waals surface area contributed by atoms with Crippen molar-refractivity contribution in [2.24, 2.45) is 4.99 Å². The Bertz CT molecular complexity index is 291. The summed E-state index contributed by atoms with van der Waals surface area (Å²) >= 11 is 0. The molecular weight excluding hydrogens is 176 g/mol. The Morgan fingerprint density at radius 2 is 2.43 bits per heavy atom. The van der Waals surface area contributed by atoms with Crippen LogP contribution in [0.25, 0.3) is 0 Å². The number of aliphatic imine (C=N–C) groups is 1. The SMILES string of the molecule is CCC(CO)N=C(C)c1cccnc1. The van der Waals surface area contributed by atoms with Crippen molar-refractivity contribution < 1.29 is 5.11 Å². The summed E-state index contributed by atoms with van der Waals surface area (Å²) in [4.78, 5) is 8.43. The number of aliphatic hydroxyl groups is 1. The number of hydrogen-bond acceptors (Lipinski definition) is 3. The van der Waals surface area contributed by atoms with E-state index < -0.39 is 0 Å². The third-order valence-electron chi connectivity index (χ3n) is 2.14. The molecule has 0 aliphatic heterocycles. The summed E-state index contributed by atoms with van der Waals surface area (Å²) < 4.78 is 0. The van der Waals surface area contributed by atoms with Gasteiger partial charge in [0.1, 0.15) is 0 Å². The third kappa shape index (κ3) is 2.92. The summed E-state index contributed by atoms with van der Waals surface area (Å²) in [6.07, 6.45) is 4.37. The van der Waals surface area contributed by atoms with Gasteiger partial charge in [0.15, 0.2) is 0 Å². The molecule has 0 amide bonds. The first-order valence-corrected chi connectivity index (χ1v) is 4.83. The van der Waals surface area contributed by atoms with Crippen molar-refractivity contribution in [1.82, 2.24) is 4.98 Å². The van der Waals surface area contributed by atoms with Crippen molar-refractivity contribution in [3.05, 3.63) is 30.1 Å². The molecule has 1 N–H and O–H groups in total. The number of aromatic nitrogens is 1. The lowest BCUT2D eigenvalue weighted by atomic mass is 10.2. The highest BCUT2D eigenvalue weighted by Crippen LogP contribution is 2.03. The maximum absolute atomic E-state index is 9.00. The molecule has 0 saturated carbocycles. The van der Waals surface area contributed by atoms with E-state index in [9.17, 15) is 0 Å². The highest BCUT2D eigenvalue weighted by atomic mass is 16.3. The number of nitrogens with zero attached hydrogens (tertiary/aromatic N) is 2. The third-order valence-corrected chi connectivity index (χ3v) is 2.14.